The van der Waals surface area contributed by atoms with E-state index in [9.17, 15) is 4.79 Å². The van der Waals surface area contributed by atoms with E-state index in [4.69, 9.17) is 0 Å². The molecule has 0 fully saturated rings. The number of likely N-dealkylation sites (N-methyl/N-ethyl adjacent to an activating group) is 1. The highest BCUT2D eigenvalue weighted by molar-refractivity contribution is 5.53. The third-order valence-corrected chi connectivity index (χ3v) is 3.03. The number of nitrogens with one attached hydrogen (secondary N) is 1. The van der Waals surface area contributed by atoms with Crippen LogP contribution in [-0.2, 0) is 4.79 Å². The number of carbonyl (C=O) groups is 1. The highest BCUT2D eigenvalue weighted by atomic mass is 16.1. The van der Waals surface area contributed by atoms with Gasteiger partial charge >= 0.3 is 0 Å². The van der Waals surface area contributed by atoms with E-state index in [2.05, 4.69) is 31.2 Å². The summed E-state index contributed by atoms with van der Waals surface area (Å²) in [5, 5.41) is 2.07. The lowest BCUT2D eigenvalue weighted by Gasteiger charge is -2.35. The van der Waals surface area contributed by atoms with Gasteiger partial charge in [0.1, 0.15) is 0 Å². The van der Waals surface area contributed by atoms with Crippen molar-refractivity contribution in [3.63, 3.8) is 0 Å². The summed E-state index contributed by atoms with van der Waals surface area (Å²) in [7, 11) is 1.75. The Kier molecular flexibility index (Phi) is 3.99. The molecule has 1 unspecified atom stereocenters. The van der Waals surface area contributed by atoms with Gasteiger partial charge in [-0.15, -0.1) is 0 Å². The second-order valence-corrected chi connectivity index (χ2v) is 4.58. The van der Waals surface area contributed by atoms with E-state index in [1.165, 1.54) is 0 Å². The molecular weight excluding hydrogens is 202 g/mol. The summed E-state index contributed by atoms with van der Waals surface area (Å²) in [5.41, 5.74) is 5.18. The van der Waals surface area contributed by atoms with Crippen LogP contribution < -0.4 is 5.43 Å². The molecule has 0 aromatic rings. The van der Waals surface area contributed by atoms with Crippen molar-refractivity contribution in [3.05, 3.63) is 23.7 Å². The lowest BCUT2D eigenvalue weighted by molar-refractivity contribution is -0.115. The molecule has 1 heterocycles. The number of carbonyl (C=O) groups excluding carboxylic acids is 1. The van der Waals surface area contributed by atoms with E-state index in [1.54, 1.807) is 11.9 Å². The molecule has 0 saturated carbocycles. The topological polar surface area (TPSA) is 35.6 Å². The van der Waals surface area contributed by atoms with Crippen molar-refractivity contribution in [2.45, 2.75) is 33.7 Å². The molecule has 1 atom stereocenters. The summed E-state index contributed by atoms with van der Waals surface area (Å²) >= 11 is 0. The van der Waals surface area contributed by atoms with Gasteiger partial charge in [0.2, 0.25) is 6.41 Å². The average molecular weight is 223 g/mol. The molecule has 0 aromatic carbocycles. The molecule has 16 heavy (non-hydrogen) atoms. The molecule has 0 saturated heterocycles. The van der Waals surface area contributed by atoms with E-state index in [1.807, 2.05) is 19.3 Å². The van der Waals surface area contributed by atoms with Crippen LogP contribution in [0, 0.1) is 5.92 Å². The fourth-order valence-corrected chi connectivity index (χ4v) is 1.55. The Morgan fingerprint density at radius 3 is 2.50 bits per heavy atom. The summed E-state index contributed by atoms with van der Waals surface area (Å²) in [6.45, 7) is 8.55. The number of hydrazine groups is 1. The monoisotopic (exact) mass is 223 g/mol. The van der Waals surface area contributed by atoms with E-state index >= 15 is 0 Å². The molecule has 1 N–H and O–H groups in total. The zero-order valence-electron chi connectivity index (χ0n) is 10.7. The van der Waals surface area contributed by atoms with Crippen LogP contribution in [0.15, 0.2) is 23.7 Å². The average Bonchev–Trinajstić information content (AvgIpc) is 2.26. The van der Waals surface area contributed by atoms with Gasteiger partial charge in [0.05, 0.1) is 5.70 Å². The predicted octanol–water partition coefficient (Wildman–Crippen LogP) is 1.68. The van der Waals surface area contributed by atoms with Crippen molar-refractivity contribution >= 4 is 6.41 Å². The van der Waals surface area contributed by atoms with E-state index in [0.29, 0.717) is 12.0 Å². The van der Waals surface area contributed by atoms with Crippen LogP contribution in [0.2, 0.25) is 0 Å². The summed E-state index contributed by atoms with van der Waals surface area (Å²) in [6.07, 6.45) is 4.72. The molecule has 4 nitrogen and oxygen atoms in total. The molecule has 0 radical (unpaired) electrons. The fraction of sp³-hybridized carbons (Fsp3) is 0.583. The summed E-state index contributed by atoms with van der Waals surface area (Å²) in [4.78, 5) is 12.3. The van der Waals surface area contributed by atoms with Crippen molar-refractivity contribution in [1.29, 1.82) is 0 Å². The van der Waals surface area contributed by atoms with E-state index in [0.717, 1.165) is 17.7 Å². The molecule has 90 valence electrons. The minimum Gasteiger partial charge on any atom is -0.316 e. The van der Waals surface area contributed by atoms with Crippen LogP contribution in [0.5, 0.6) is 0 Å². The van der Waals surface area contributed by atoms with Gasteiger partial charge in [-0.05, 0) is 25.3 Å². The minimum atomic E-state index is 0.411. The number of hydrogen-bond acceptors (Lipinski definition) is 3. The summed E-state index contributed by atoms with van der Waals surface area (Å²) < 4.78 is 0. The smallest absolute Gasteiger partial charge is 0.213 e. The number of rotatable bonds is 4. The Balaban J connectivity index is 2.77. The first-order valence-electron chi connectivity index (χ1n) is 5.59. The Hall–Kier alpha value is -1.45. The minimum absolute atomic E-state index is 0.411. The second-order valence-electron chi connectivity index (χ2n) is 4.58. The maximum atomic E-state index is 10.7. The summed E-state index contributed by atoms with van der Waals surface area (Å²) in [6, 6.07) is 0.411. The van der Waals surface area contributed by atoms with Gasteiger partial charge in [0.25, 0.3) is 0 Å². The Bertz CT molecular complexity index is 320. The van der Waals surface area contributed by atoms with Crippen molar-refractivity contribution in [3.8, 4) is 0 Å². The normalized spacial score (nSPS) is 17.5. The van der Waals surface area contributed by atoms with Gasteiger partial charge in [-0.2, -0.15) is 0 Å². The Labute approximate surface area is 97.6 Å². The molecule has 4 heteroatoms. The zero-order chi connectivity index (χ0) is 12.3. The van der Waals surface area contributed by atoms with Crippen molar-refractivity contribution in [2.75, 3.05) is 7.05 Å². The first-order chi connectivity index (χ1) is 7.47. The molecule has 1 amide bonds. The van der Waals surface area contributed by atoms with Crippen LogP contribution in [-0.4, -0.2) is 29.4 Å². The van der Waals surface area contributed by atoms with Gasteiger partial charge in [-0.25, -0.2) is 0 Å². The molecule has 1 aliphatic rings. The molecule has 1 aliphatic heterocycles. The van der Waals surface area contributed by atoms with Crippen molar-refractivity contribution < 1.29 is 4.79 Å². The maximum absolute atomic E-state index is 10.7. The molecule has 1 rings (SSSR count). The van der Waals surface area contributed by atoms with Gasteiger partial charge in [-0.3, -0.25) is 9.80 Å². The van der Waals surface area contributed by atoms with Crippen LogP contribution in [0.1, 0.15) is 27.7 Å². The Morgan fingerprint density at radius 2 is 2.06 bits per heavy atom. The predicted molar refractivity (Wildman–Crippen MR) is 64.9 cm³/mol. The molecule has 0 spiro atoms. The first-order valence-corrected chi connectivity index (χ1v) is 5.59. The molecule has 0 aromatic heterocycles. The van der Waals surface area contributed by atoms with Crippen molar-refractivity contribution in [2.24, 2.45) is 5.92 Å². The van der Waals surface area contributed by atoms with Gasteiger partial charge in [-0.1, -0.05) is 13.8 Å². The highest BCUT2D eigenvalue weighted by Crippen LogP contribution is 2.19. The lowest BCUT2D eigenvalue weighted by atomic mass is 10.1. The van der Waals surface area contributed by atoms with E-state index in [-0.39, 0.29) is 0 Å². The largest absolute Gasteiger partial charge is 0.316 e. The molecular formula is C12H21N3O. The van der Waals surface area contributed by atoms with Crippen LogP contribution in [0.3, 0.4) is 0 Å². The fourth-order valence-electron chi connectivity index (χ4n) is 1.55. The third kappa shape index (κ3) is 2.56. The number of amides is 1. The van der Waals surface area contributed by atoms with Gasteiger partial charge < -0.3 is 10.3 Å². The zero-order valence-corrected chi connectivity index (χ0v) is 10.7. The van der Waals surface area contributed by atoms with Crippen LogP contribution in [0.4, 0.5) is 0 Å². The number of hydrogen-bond donors (Lipinski definition) is 1. The summed E-state index contributed by atoms with van der Waals surface area (Å²) in [5.74, 6) is 0.565. The molecule has 0 aliphatic carbocycles. The first kappa shape index (κ1) is 12.6. The Morgan fingerprint density at radius 1 is 1.44 bits per heavy atom. The van der Waals surface area contributed by atoms with E-state index < -0.39 is 0 Å². The quantitative estimate of drug-likeness (QED) is 0.737. The SMILES string of the molecule is CC1=CN(C(C)C(C)C)NC=C1N(C)C=O. The lowest BCUT2D eigenvalue weighted by Crippen LogP contribution is -2.43. The van der Waals surface area contributed by atoms with Gasteiger partial charge in [0, 0.05) is 25.5 Å². The maximum Gasteiger partial charge on any atom is 0.213 e. The molecule has 0 bridgehead atoms. The van der Waals surface area contributed by atoms with Crippen LogP contribution >= 0.6 is 0 Å². The second kappa shape index (κ2) is 5.05. The number of nitrogens with zero attached hydrogens (tertiary/aromatic N) is 2. The third-order valence-electron chi connectivity index (χ3n) is 3.03. The highest BCUT2D eigenvalue weighted by Gasteiger charge is 2.18. The standard InChI is InChI=1S/C12H21N3O/c1-9(2)11(4)15-7-10(3)12(6-13-15)14(5)8-16/h6-9,11,13H,1-5H3. The van der Waals surface area contributed by atoms with Gasteiger partial charge in [0.15, 0.2) is 0 Å². The van der Waals surface area contributed by atoms with Crippen LogP contribution in [0.25, 0.3) is 0 Å². The van der Waals surface area contributed by atoms with Crippen molar-refractivity contribution in [1.82, 2.24) is 15.3 Å². The number of allylic oxidation sites excluding steroid dienone is 1.